The molecule has 1 aliphatic rings. The molecule has 0 heterocycles. The van der Waals surface area contributed by atoms with Gasteiger partial charge in [-0.1, -0.05) is 42.7 Å². The minimum atomic E-state index is -0.427. The van der Waals surface area contributed by atoms with Crippen LogP contribution in [-0.4, -0.2) is 17.2 Å². The maximum atomic E-state index is 10.3. The van der Waals surface area contributed by atoms with Gasteiger partial charge >= 0.3 is 0 Å². The SMILES string of the molecule is Cc1cccc(C(O)CNC(C)(C)CC2CC[CH-]CC2)c1.[Cm]. The van der Waals surface area contributed by atoms with Gasteiger partial charge in [-0.25, -0.2) is 0 Å². The molecule has 2 nitrogen and oxygen atoms in total. The van der Waals surface area contributed by atoms with Crippen LogP contribution in [0.1, 0.15) is 63.2 Å². The fourth-order valence-corrected chi connectivity index (χ4v) is 3.36. The van der Waals surface area contributed by atoms with E-state index in [1.165, 1.54) is 37.7 Å². The van der Waals surface area contributed by atoms with Crippen molar-refractivity contribution in [2.24, 2.45) is 5.92 Å². The molecule has 126 valence electrons. The molecular formula is C19H30CmNO-. The van der Waals surface area contributed by atoms with Crippen LogP contribution in [0.5, 0.6) is 0 Å². The molecule has 0 aromatic heterocycles. The van der Waals surface area contributed by atoms with Crippen molar-refractivity contribution in [3.05, 3.63) is 41.8 Å². The zero-order chi connectivity index (χ0) is 15.3. The third-order valence-corrected chi connectivity index (χ3v) is 4.56. The van der Waals surface area contributed by atoms with Crippen molar-refractivity contribution in [2.75, 3.05) is 6.54 Å². The van der Waals surface area contributed by atoms with Crippen molar-refractivity contribution in [1.82, 2.24) is 5.32 Å². The first-order valence-electron chi connectivity index (χ1n) is 8.27. The first-order chi connectivity index (χ1) is 9.96. The molecule has 2 N–H and O–H groups in total. The third-order valence-electron chi connectivity index (χ3n) is 4.56. The summed E-state index contributed by atoms with van der Waals surface area (Å²) in [4.78, 5) is 0. The normalized spacial score (nSPS) is 17.8. The van der Waals surface area contributed by atoms with E-state index in [0.717, 1.165) is 11.5 Å². The minimum Gasteiger partial charge on any atom is -0.387 e. The molecule has 1 aromatic rings. The van der Waals surface area contributed by atoms with Gasteiger partial charge in [0.25, 0.3) is 0 Å². The predicted octanol–water partition coefficient (Wildman–Crippen LogP) is 4.18. The van der Waals surface area contributed by atoms with E-state index in [2.05, 4.69) is 44.6 Å². The maximum Gasteiger partial charge on any atom is 0.0914 e. The van der Waals surface area contributed by atoms with Crippen molar-refractivity contribution in [2.45, 2.75) is 64.5 Å². The fraction of sp³-hybridized carbons (Fsp3) is 0.632. The van der Waals surface area contributed by atoms with Crippen LogP contribution in [0.2, 0.25) is 0 Å². The molecule has 1 atom stereocenters. The standard InChI is InChI=1S/C19H30NO.Cm/c1-15-8-7-11-17(12-15)18(21)14-20-19(2,3)13-16-9-5-4-6-10-16;/h4,7-8,11-12,16,18,20-21H,5-6,9-10,13-14H2,1-3H3;/q-1;. The van der Waals surface area contributed by atoms with Crippen LogP contribution in [0, 0.1) is 19.3 Å². The van der Waals surface area contributed by atoms with Crippen molar-refractivity contribution >= 4 is 0 Å². The Morgan fingerprint density at radius 1 is 1.32 bits per heavy atom. The monoisotopic (exact) mass is 531 g/mol. The van der Waals surface area contributed by atoms with Crippen LogP contribution in [0.3, 0.4) is 0 Å². The summed E-state index contributed by atoms with van der Waals surface area (Å²) in [5, 5.41) is 13.9. The van der Waals surface area contributed by atoms with Gasteiger partial charge in [-0.3, -0.25) is 0 Å². The van der Waals surface area contributed by atoms with E-state index in [0.29, 0.717) is 6.54 Å². The van der Waals surface area contributed by atoms with Crippen molar-refractivity contribution in [1.29, 1.82) is 0 Å². The van der Waals surface area contributed by atoms with Crippen LogP contribution >= 0.6 is 0 Å². The summed E-state index contributed by atoms with van der Waals surface area (Å²) in [5.74, 6) is 0.827. The average molecular weight is 535 g/mol. The number of hydrogen-bond acceptors (Lipinski definition) is 2. The first kappa shape index (κ1) is 18.2. The second kappa shape index (κ2) is 7.95. The molecule has 22 heavy (non-hydrogen) atoms. The molecule has 0 amide bonds. The Morgan fingerprint density at radius 2 is 2.00 bits per heavy atom. The number of aliphatic hydroxyl groups is 1. The number of hydrogen-bond donors (Lipinski definition) is 2. The molecule has 0 saturated heterocycles. The van der Waals surface area contributed by atoms with Gasteiger partial charge in [-0.15, -0.1) is 0 Å². The summed E-state index contributed by atoms with van der Waals surface area (Å²) in [7, 11) is 0. The van der Waals surface area contributed by atoms with Crippen LogP contribution in [0.4, 0.5) is 0 Å². The molecule has 1 unspecified atom stereocenters. The van der Waals surface area contributed by atoms with Crippen molar-refractivity contribution < 1.29 is 5.11 Å². The van der Waals surface area contributed by atoms with Gasteiger partial charge < -0.3 is 16.8 Å². The van der Waals surface area contributed by atoms with E-state index in [-0.39, 0.29) is 5.54 Å². The van der Waals surface area contributed by atoms with E-state index in [4.69, 9.17) is 0 Å². The second-order valence-electron chi connectivity index (χ2n) is 7.21. The topological polar surface area (TPSA) is 32.3 Å². The fourth-order valence-electron chi connectivity index (χ4n) is 3.36. The second-order valence-corrected chi connectivity index (χ2v) is 7.21. The third kappa shape index (κ3) is 5.50. The van der Waals surface area contributed by atoms with E-state index < -0.39 is 6.10 Å². The Balaban J connectivity index is 0.00000242. The number of rotatable bonds is 6. The summed E-state index contributed by atoms with van der Waals surface area (Å²) in [6.45, 7) is 7.20. The van der Waals surface area contributed by atoms with Crippen LogP contribution < -0.4 is 5.32 Å². The summed E-state index contributed by atoms with van der Waals surface area (Å²) in [6, 6.07) is 8.14. The zero-order valence-corrected chi connectivity index (χ0v) is 17.0. The summed E-state index contributed by atoms with van der Waals surface area (Å²) < 4.78 is 0. The Morgan fingerprint density at radius 3 is 2.64 bits per heavy atom. The largest absolute Gasteiger partial charge is 0.387 e. The molecular weight excluding hydrogens is 505 g/mol. The van der Waals surface area contributed by atoms with Gasteiger partial charge in [0.2, 0.25) is 0 Å². The zero-order valence-electron chi connectivity index (χ0n) is 14.1. The van der Waals surface area contributed by atoms with Gasteiger partial charge in [0.15, 0.2) is 0 Å². The number of benzene rings is 1. The predicted molar refractivity (Wildman–Crippen MR) is 89.1 cm³/mol. The molecule has 1 aromatic carbocycles. The summed E-state index contributed by atoms with van der Waals surface area (Å²) in [5.41, 5.74) is 2.29. The van der Waals surface area contributed by atoms with Crippen LogP contribution in [0.25, 0.3) is 0 Å². The Hall–Kier alpha value is -1.86. The molecule has 1 saturated carbocycles. The molecule has 1 fully saturated rings. The van der Waals surface area contributed by atoms with Gasteiger partial charge in [0, 0.05) is 12.1 Å². The van der Waals surface area contributed by atoms with Gasteiger partial charge in [0.05, 0.1) is 6.10 Å². The smallest absolute Gasteiger partial charge is 0.0914 e. The quantitative estimate of drug-likeness (QED) is 0.536. The van der Waals surface area contributed by atoms with E-state index in [9.17, 15) is 5.11 Å². The van der Waals surface area contributed by atoms with Crippen LogP contribution in [-0.2, 0) is 0 Å². The average Bonchev–Trinajstić information content (AvgIpc) is 2.45. The molecule has 0 bridgehead atoms. The molecule has 3 heteroatoms. The minimum absolute atomic E-state index is 0. The molecule has 0 radical (unpaired) electrons. The van der Waals surface area contributed by atoms with E-state index >= 15 is 0 Å². The molecule has 0 spiro atoms. The summed E-state index contributed by atoms with van der Waals surface area (Å²) in [6.07, 6.45) is 8.37. The van der Waals surface area contributed by atoms with Gasteiger partial charge in [-0.2, -0.15) is 12.8 Å². The Bertz CT molecular complexity index is 441. The number of β-amino-alcohol motifs (C(OH)–C–C–N with tert-alkyl or cyclic N) is 1. The van der Waals surface area contributed by atoms with Crippen molar-refractivity contribution in [3.63, 3.8) is 0 Å². The van der Waals surface area contributed by atoms with E-state index in [1.807, 2.05) is 12.1 Å². The van der Waals surface area contributed by atoms with Gasteiger partial charge in [-0.05, 0) is 38.7 Å². The Kier molecular flexibility index (Phi) is 6.58. The molecule has 2 rings (SSSR count). The first-order valence-corrected chi connectivity index (χ1v) is 8.27. The Labute approximate surface area is 130 Å². The van der Waals surface area contributed by atoms with Gasteiger partial charge in [0.1, 0.15) is 0 Å². The summed E-state index contributed by atoms with van der Waals surface area (Å²) >= 11 is 0. The number of aryl methyl sites for hydroxylation is 1. The number of aliphatic hydroxyl groups excluding tert-OH is 1. The number of nitrogens with one attached hydrogen (secondary N) is 1. The molecule has 1 aliphatic carbocycles. The molecule has 0 aliphatic heterocycles. The maximum absolute atomic E-state index is 10.3. The van der Waals surface area contributed by atoms with Crippen LogP contribution in [0.15, 0.2) is 24.3 Å². The van der Waals surface area contributed by atoms with E-state index in [1.54, 1.807) is 0 Å². The van der Waals surface area contributed by atoms with Crippen molar-refractivity contribution in [3.8, 4) is 0 Å².